The quantitative estimate of drug-likeness (QED) is 0.743. The molecule has 0 saturated carbocycles. The first kappa shape index (κ1) is 14.3. The molecule has 18 heavy (non-hydrogen) atoms. The molecule has 0 radical (unpaired) electrons. The van der Waals surface area contributed by atoms with Crippen molar-refractivity contribution in [1.29, 1.82) is 0 Å². The summed E-state index contributed by atoms with van der Waals surface area (Å²) in [5.74, 6) is 1.16. The van der Waals surface area contributed by atoms with Gasteiger partial charge in [0.25, 0.3) is 0 Å². The minimum absolute atomic E-state index is 0.229. The van der Waals surface area contributed by atoms with Crippen LogP contribution in [0.25, 0.3) is 0 Å². The smallest absolute Gasteiger partial charge is 0.308 e. The first-order valence-electron chi connectivity index (χ1n) is 5.72. The second-order valence-corrected chi connectivity index (χ2v) is 3.68. The van der Waals surface area contributed by atoms with Gasteiger partial charge in [-0.25, -0.2) is 0 Å². The van der Waals surface area contributed by atoms with E-state index < -0.39 is 0 Å². The van der Waals surface area contributed by atoms with E-state index in [1.807, 2.05) is 25.2 Å². The lowest BCUT2D eigenvalue weighted by atomic mass is 10.2. The Labute approximate surface area is 107 Å². The number of carbonyl (C=O) groups excluding carboxylic acids is 1. The molecule has 0 aliphatic carbocycles. The zero-order valence-electron chi connectivity index (χ0n) is 11.0. The van der Waals surface area contributed by atoms with Crippen molar-refractivity contribution in [3.63, 3.8) is 0 Å². The molecular formula is C13H19NO4. The Morgan fingerprint density at radius 2 is 2.11 bits per heavy atom. The second kappa shape index (κ2) is 7.55. The van der Waals surface area contributed by atoms with E-state index in [-0.39, 0.29) is 19.0 Å². The fourth-order valence-electron chi connectivity index (χ4n) is 1.48. The first-order chi connectivity index (χ1) is 8.71. The molecule has 0 saturated heterocycles. The van der Waals surface area contributed by atoms with Gasteiger partial charge >= 0.3 is 5.97 Å². The van der Waals surface area contributed by atoms with Crippen molar-refractivity contribution in [2.75, 3.05) is 27.9 Å². The van der Waals surface area contributed by atoms with E-state index in [2.05, 4.69) is 10.1 Å². The lowest BCUT2D eigenvalue weighted by Gasteiger charge is -2.12. The molecule has 0 aromatic heterocycles. The van der Waals surface area contributed by atoms with Crippen LogP contribution in [0.2, 0.25) is 0 Å². The van der Waals surface area contributed by atoms with Gasteiger partial charge in [0.05, 0.1) is 27.2 Å². The summed E-state index contributed by atoms with van der Waals surface area (Å²) in [5.41, 5.74) is 1.02. The maximum absolute atomic E-state index is 11.0. The van der Waals surface area contributed by atoms with Gasteiger partial charge in [0.2, 0.25) is 0 Å². The molecule has 0 fully saturated rings. The average molecular weight is 253 g/mol. The Hall–Kier alpha value is -1.75. The van der Waals surface area contributed by atoms with E-state index in [0.717, 1.165) is 11.3 Å². The summed E-state index contributed by atoms with van der Waals surface area (Å²) in [6, 6.07) is 5.62. The third kappa shape index (κ3) is 4.25. The van der Waals surface area contributed by atoms with Gasteiger partial charge in [-0.05, 0) is 13.1 Å². The van der Waals surface area contributed by atoms with Crippen molar-refractivity contribution >= 4 is 5.97 Å². The highest BCUT2D eigenvalue weighted by Gasteiger charge is 2.07. The van der Waals surface area contributed by atoms with Crippen LogP contribution in [-0.2, 0) is 16.1 Å². The topological polar surface area (TPSA) is 56.8 Å². The van der Waals surface area contributed by atoms with Crippen LogP contribution in [0.4, 0.5) is 0 Å². The maximum atomic E-state index is 11.0. The van der Waals surface area contributed by atoms with Gasteiger partial charge < -0.3 is 19.5 Å². The van der Waals surface area contributed by atoms with Crippen molar-refractivity contribution in [1.82, 2.24) is 5.32 Å². The molecule has 1 rings (SSSR count). The predicted octanol–water partition coefficient (Wildman–Crippen LogP) is 1.36. The summed E-state index contributed by atoms with van der Waals surface area (Å²) in [4.78, 5) is 11.0. The fraction of sp³-hybridized carbons (Fsp3) is 0.462. The lowest BCUT2D eigenvalue weighted by molar-refractivity contribution is -0.141. The largest absolute Gasteiger partial charge is 0.497 e. The average Bonchev–Trinajstić information content (AvgIpc) is 2.40. The zero-order chi connectivity index (χ0) is 13.4. The standard InChI is InChI=1S/C13H19NO4/c1-14-9-10-4-5-11(16-2)8-12(10)18-7-6-13(15)17-3/h4-5,8,14H,6-7,9H2,1-3H3. The number of hydrogen-bond acceptors (Lipinski definition) is 5. The monoisotopic (exact) mass is 253 g/mol. The number of methoxy groups -OCH3 is 2. The maximum Gasteiger partial charge on any atom is 0.308 e. The van der Waals surface area contributed by atoms with Crippen LogP contribution in [0.5, 0.6) is 11.5 Å². The van der Waals surface area contributed by atoms with Gasteiger partial charge in [0.15, 0.2) is 0 Å². The predicted molar refractivity (Wildman–Crippen MR) is 67.9 cm³/mol. The van der Waals surface area contributed by atoms with Crippen molar-refractivity contribution in [3.8, 4) is 11.5 Å². The minimum atomic E-state index is -0.284. The van der Waals surface area contributed by atoms with Crippen LogP contribution in [0.15, 0.2) is 18.2 Å². The Bertz CT molecular complexity index is 393. The molecule has 100 valence electrons. The molecule has 0 heterocycles. The molecule has 1 aromatic carbocycles. The molecule has 0 amide bonds. The number of nitrogens with one attached hydrogen (secondary N) is 1. The highest BCUT2D eigenvalue weighted by Crippen LogP contribution is 2.24. The molecule has 0 aliphatic heterocycles. The zero-order valence-corrected chi connectivity index (χ0v) is 11.0. The molecule has 1 N–H and O–H groups in total. The molecule has 5 heteroatoms. The van der Waals surface area contributed by atoms with Crippen LogP contribution >= 0.6 is 0 Å². The number of rotatable bonds is 7. The summed E-state index contributed by atoms with van der Waals surface area (Å²) < 4.78 is 15.3. The third-order valence-corrected chi connectivity index (χ3v) is 2.43. The molecule has 0 aliphatic rings. The van der Waals surface area contributed by atoms with Crippen LogP contribution < -0.4 is 14.8 Å². The van der Waals surface area contributed by atoms with E-state index in [1.54, 1.807) is 7.11 Å². The molecule has 1 aromatic rings. The number of ether oxygens (including phenoxy) is 3. The van der Waals surface area contributed by atoms with Crippen molar-refractivity contribution in [3.05, 3.63) is 23.8 Å². The fourth-order valence-corrected chi connectivity index (χ4v) is 1.48. The number of esters is 1. The minimum Gasteiger partial charge on any atom is -0.497 e. The molecular weight excluding hydrogens is 234 g/mol. The van der Waals surface area contributed by atoms with E-state index in [0.29, 0.717) is 12.3 Å². The summed E-state index contributed by atoms with van der Waals surface area (Å²) in [7, 11) is 4.83. The van der Waals surface area contributed by atoms with Crippen molar-refractivity contribution in [2.45, 2.75) is 13.0 Å². The van der Waals surface area contributed by atoms with E-state index >= 15 is 0 Å². The van der Waals surface area contributed by atoms with Gasteiger partial charge in [-0.3, -0.25) is 4.79 Å². The Kier molecular flexibility index (Phi) is 6.00. The molecule has 0 bridgehead atoms. The number of hydrogen-bond donors (Lipinski definition) is 1. The molecule has 5 nitrogen and oxygen atoms in total. The van der Waals surface area contributed by atoms with Gasteiger partial charge in [-0.2, -0.15) is 0 Å². The van der Waals surface area contributed by atoms with Crippen molar-refractivity contribution < 1.29 is 19.0 Å². The summed E-state index contributed by atoms with van der Waals surface area (Å²) >= 11 is 0. The van der Waals surface area contributed by atoms with Gasteiger partial charge in [-0.1, -0.05) is 6.07 Å². The lowest BCUT2D eigenvalue weighted by Crippen LogP contribution is -2.11. The van der Waals surface area contributed by atoms with Crippen LogP contribution in [0.1, 0.15) is 12.0 Å². The van der Waals surface area contributed by atoms with Gasteiger partial charge in [0, 0.05) is 18.2 Å². The summed E-state index contributed by atoms with van der Waals surface area (Å²) in [6.45, 7) is 0.980. The Balaban J connectivity index is 2.68. The third-order valence-electron chi connectivity index (χ3n) is 2.43. The van der Waals surface area contributed by atoms with E-state index in [4.69, 9.17) is 9.47 Å². The van der Waals surface area contributed by atoms with E-state index in [1.165, 1.54) is 7.11 Å². The molecule has 0 atom stereocenters. The summed E-state index contributed by atoms with van der Waals surface area (Å²) in [6.07, 6.45) is 0.229. The van der Waals surface area contributed by atoms with Crippen LogP contribution in [-0.4, -0.2) is 33.8 Å². The second-order valence-electron chi connectivity index (χ2n) is 3.68. The summed E-state index contributed by atoms with van der Waals surface area (Å²) in [5, 5.41) is 3.06. The normalized spacial score (nSPS) is 9.94. The highest BCUT2D eigenvalue weighted by molar-refractivity contribution is 5.69. The van der Waals surface area contributed by atoms with Crippen molar-refractivity contribution in [2.24, 2.45) is 0 Å². The number of carbonyl (C=O) groups is 1. The number of benzene rings is 1. The molecule has 0 spiro atoms. The Morgan fingerprint density at radius 1 is 1.33 bits per heavy atom. The van der Waals surface area contributed by atoms with Gasteiger partial charge in [0.1, 0.15) is 11.5 Å². The first-order valence-corrected chi connectivity index (χ1v) is 5.72. The highest BCUT2D eigenvalue weighted by atomic mass is 16.5. The molecule has 0 unspecified atom stereocenters. The Morgan fingerprint density at radius 3 is 2.72 bits per heavy atom. The van der Waals surface area contributed by atoms with Gasteiger partial charge in [-0.15, -0.1) is 0 Å². The van der Waals surface area contributed by atoms with E-state index in [9.17, 15) is 4.79 Å². The van der Waals surface area contributed by atoms with Crippen LogP contribution in [0, 0.1) is 0 Å². The van der Waals surface area contributed by atoms with Crippen LogP contribution in [0.3, 0.4) is 0 Å². The SMILES string of the molecule is CNCc1ccc(OC)cc1OCCC(=O)OC.